The van der Waals surface area contributed by atoms with E-state index < -0.39 is 0 Å². The number of nitrogens with one attached hydrogen (secondary N) is 1. The van der Waals surface area contributed by atoms with Gasteiger partial charge in [0.25, 0.3) is 0 Å². The smallest absolute Gasteiger partial charge is 0.204 e. The van der Waals surface area contributed by atoms with Crippen molar-refractivity contribution in [1.29, 1.82) is 5.26 Å². The van der Waals surface area contributed by atoms with Crippen molar-refractivity contribution in [2.24, 2.45) is 0 Å². The molecule has 4 rings (SSSR count). The Morgan fingerprint density at radius 1 is 0.966 bits per heavy atom. The van der Waals surface area contributed by atoms with Crippen LogP contribution < -0.4 is 10.1 Å². The summed E-state index contributed by atoms with van der Waals surface area (Å²) >= 11 is 0. The molecule has 1 N–H and O–H groups in total. The first-order chi connectivity index (χ1) is 14.3. The number of benzene rings is 3. The molecule has 1 heterocycles. The molecule has 0 saturated heterocycles. The lowest BCUT2D eigenvalue weighted by molar-refractivity contribution is 0.414. The Bertz CT molecular complexity index is 1140. The van der Waals surface area contributed by atoms with Crippen molar-refractivity contribution in [3.63, 3.8) is 0 Å². The van der Waals surface area contributed by atoms with Crippen molar-refractivity contribution in [3.05, 3.63) is 89.5 Å². The van der Waals surface area contributed by atoms with Gasteiger partial charge in [-0.25, -0.2) is 4.98 Å². The van der Waals surface area contributed by atoms with E-state index >= 15 is 0 Å². The van der Waals surface area contributed by atoms with Crippen LogP contribution in [-0.4, -0.2) is 23.2 Å². The van der Waals surface area contributed by atoms with E-state index in [0.29, 0.717) is 12.1 Å². The van der Waals surface area contributed by atoms with Crippen LogP contribution in [0.2, 0.25) is 0 Å². The molecule has 0 aliphatic heterocycles. The predicted octanol–water partition coefficient (Wildman–Crippen LogP) is 4.62. The third-order valence-electron chi connectivity index (χ3n) is 4.93. The lowest BCUT2D eigenvalue weighted by atomic mass is 10.1. The second-order valence-corrected chi connectivity index (χ2v) is 6.84. The standard InChI is InChI=1S/C24H22N4O/c1-29-21-12-10-18(11-13-21)14-15-26-24-27-22-4-2-3-5-23(22)28(24)17-20-8-6-19(16-25)7-9-20/h2-13H,14-15,17H2,1H3,(H,26,27). The lowest BCUT2D eigenvalue weighted by Gasteiger charge is -2.11. The van der Waals surface area contributed by atoms with Gasteiger partial charge in [-0.05, 0) is 53.9 Å². The van der Waals surface area contributed by atoms with Crippen LogP contribution >= 0.6 is 0 Å². The first-order valence-corrected chi connectivity index (χ1v) is 9.58. The molecule has 0 aliphatic rings. The molecule has 0 saturated carbocycles. The third-order valence-corrected chi connectivity index (χ3v) is 4.93. The van der Waals surface area contributed by atoms with Gasteiger partial charge in [-0.15, -0.1) is 0 Å². The molecule has 3 aromatic carbocycles. The van der Waals surface area contributed by atoms with E-state index in [1.807, 2.05) is 54.6 Å². The summed E-state index contributed by atoms with van der Waals surface area (Å²) in [6, 6.07) is 26.1. The van der Waals surface area contributed by atoms with E-state index in [0.717, 1.165) is 41.3 Å². The summed E-state index contributed by atoms with van der Waals surface area (Å²) in [5.74, 6) is 1.72. The third kappa shape index (κ3) is 4.22. The lowest BCUT2D eigenvalue weighted by Crippen LogP contribution is -2.11. The monoisotopic (exact) mass is 382 g/mol. The summed E-state index contributed by atoms with van der Waals surface area (Å²) in [7, 11) is 1.68. The van der Waals surface area contributed by atoms with Gasteiger partial charge in [0.15, 0.2) is 0 Å². The number of fused-ring (bicyclic) bond motifs is 1. The maximum Gasteiger partial charge on any atom is 0.204 e. The number of para-hydroxylation sites is 2. The summed E-state index contributed by atoms with van der Waals surface area (Å²) < 4.78 is 7.40. The molecule has 144 valence electrons. The number of rotatable bonds is 7. The Balaban J connectivity index is 1.53. The van der Waals surface area contributed by atoms with Crippen LogP contribution in [0.5, 0.6) is 5.75 Å². The van der Waals surface area contributed by atoms with Crippen LogP contribution in [0.1, 0.15) is 16.7 Å². The molecular formula is C24H22N4O. The SMILES string of the molecule is COc1ccc(CCNc2nc3ccccc3n2Cc2ccc(C#N)cc2)cc1. The minimum atomic E-state index is 0.669. The zero-order chi connectivity index (χ0) is 20.1. The van der Waals surface area contributed by atoms with Crippen LogP contribution in [0.4, 0.5) is 5.95 Å². The van der Waals surface area contributed by atoms with Crippen LogP contribution in [-0.2, 0) is 13.0 Å². The zero-order valence-corrected chi connectivity index (χ0v) is 16.3. The van der Waals surface area contributed by atoms with E-state index in [-0.39, 0.29) is 0 Å². The highest BCUT2D eigenvalue weighted by Crippen LogP contribution is 2.21. The van der Waals surface area contributed by atoms with Gasteiger partial charge in [0.1, 0.15) is 5.75 Å². The quantitative estimate of drug-likeness (QED) is 0.507. The molecule has 0 unspecified atom stereocenters. The van der Waals surface area contributed by atoms with E-state index in [1.165, 1.54) is 5.56 Å². The van der Waals surface area contributed by atoms with E-state index in [2.05, 4.69) is 34.2 Å². The summed E-state index contributed by atoms with van der Waals surface area (Å²) in [6.07, 6.45) is 0.893. The van der Waals surface area contributed by atoms with Crippen LogP contribution in [0.3, 0.4) is 0 Å². The number of methoxy groups -OCH3 is 1. The molecular weight excluding hydrogens is 360 g/mol. The van der Waals surface area contributed by atoms with Crippen molar-refractivity contribution in [2.75, 3.05) is 19.0 Å². The van der Waals surface area contributed by atoms with Crippen LogP contribution in [0, 0.1) is 11.3 Å². The van der Waals surface area contributed by atoms with E-state index in [9.17, 15) is 0 Å². The van der Waals surface area contributed by atoms with Crippen molar-refractivity contribution < 1.29 is 4.74 Å². The van der Waals surface area contributed by atoms with Crippen molar-refractivity contribution in [3.8, 4) is 11.8 Å². The van der Waals surface area contributed by atoms with Gasteiger partial charge in [-0.3, -0.25) is 0 Å². The summed E-state index contributed by atoms with van der Waals surface area (Å²) in [5, 5.41) is 12.5. The minimum Gasteiger partial charge on any atom is -0.497 e. The molecule has 0 aliphatic carbocycles. The molecule has 5 heteroatoms. The summed E-state index contributed by atoms with van der Waals surface area (Å²) in [4.78, 5) is 4.78. The molecule has 1 aromatic heterocycles. The number of anilines is 1. The first kappa shape index (κ1) is 18.6. The van der Waals surface area contributed by atoms with Gasteiger partial charge >= 0.3 is 0 Å². The Labute approximate surface area is 170 Å². The zero-order valence-electron chi connectivity index (χ0n) is 16.3. The Morgan fingerprint density at radius 3 is 2.41 bits per heavy atom. The molecule has 0 spiro atoms. The Kier molecular flexibility index (Phi) is 5.44. The molecule has 0 fully saturated rings. The van der Waals surface area contributed by atoms with Crippen molar-refractivity contribution >= 4 is 17.0 Å². The van der Waals surface area contributed by atoms with Gasteiger partial charge in [0.05, 0.1) is 36.3 Å². The van der Waals surface area contributed by atoms with Crippen molar-refractivity contribution in [2.45, 2.75) is 13.0 Å². The fraction of sp³-hybridized carbons (Fsp3) is 0.167. The second kappa shape index (κ2) is 8.49. The van der Waals surface area contributed by atoms with Crippen LogP contribution in [0.25, 0.3) is 11.0 Å². The molecule has 0 bridgehead atoms. The molecule has 0 atom stereocenters. The van der Waals surface area contributed by atoms with Gasteiger partial charge in [-0.1, -0.05) is 36.4 Å². The maximum atomic E-state index is 9.01. The molecule has 0 amide bonds. The topological polar surface area (TPSA) is 62.9 Å². The molecule has 29 heavy (non-hydrogen) atoms. The van der Waals surface area contributed by atoms with E-state index in [4.69, 9.17) is 15.0 Å². The largest absolute Gasteiger partial charge is 0.497 e. The van der Waals surface area contributed by atoms with Crippen LogP contribution in [0.15, 0.2) is 72.8 Å². The summed E-state index contributed by atoms with van der Waals surface area (Å²) in [6.45, 7) is 1.47. The highest BCUT2D eigenvalue weighted by molar-refractivity contribution is 5.78. The first-order valence-electron chi connectivity index (χ1n) is 9.58. The number of nitrogens with zero attached hydrogens (tertiary/aromatic N) is 3. The molecule has 4 aromatic rings. The average molecular weight is 382 g/mol. The average Bonchev–Trinajstić information content (AvgIpc) is 3.12. The van der Waals surface area contributed by atoms with E-state index in [1.54, 1.807) is 7.11 Å². The number of imidazole rings is 1. The van der Waals surface area contributed by atoms with Gasteiger partial charge < -0.3 is 14.6 Å². The Morgan fingerprint density at radius 2 is 1.69 bits per heavy atom. The fourth-order valence-electron chi connectivity index (χ4n) is 3.35. The highest BCUT2D eigenvalue weighted by atomic mass is 16.5. The normalized spacial score (nSPS) is 10.6. The molecule has 0 radical (unpaired) electrons. The summed E-state index contributed by atoms with van der Waals surface area (Å²) in [5.41, 5.74) is 5.09. The number of hydrogen-bond donors (Lipinski definition) is 1. The highest BCUT2D eigenvalue weighted by Gasteiger charge is 2.11. The van der Waals surface area contributed by atoms with Gasteiger partial charge in [0.2, 0.25) is 5.95 Å². The molecule has 5 nitrogen and oxygen atoms in total. The number of nitriles is 1. The number of ether oxygens (including phenoxy) is 1. The Hall–Kier alpha value is -3.78. The van der Waals surface area contributed by atoms with Gasteiger partial charge in [-0.2, -0.15) is 5.26 Å². The van der Waals surface area contributed by atoms with Crippen molar-refractivity contribution in [1.82, 2.24) is 9.55 Å². The minimum absolute atomic E-state index is 0.669. The fourth-order valence-corrected chi connectivity index (χ4v) is 3.35. The number of aromatic nitrogens is 2. The van der Waals surface area contributed by atoms with Gasteiger partial charge in [0, 0.05) is 6.54 Å². The second-order valence-electron chi connectivity index (χ2n) is 6.84. The predicted molar refractivity (Wildman–Crippen MR) is 115 cm³/mol. The maximum absolute atomic E-state index is 9.01. The number of hydrogen-bond acceptors (Lipinski definition) is 4.